The SMILES string of the molecule is O=C(c1cccn(Cc2ccccc2)c1=O)N1CCN(CCOc2ccccc2Cl)CC1. The van der Waals surface area contributed by atoms with Gasteiger partial charge in [0.2, 0.25) is 0 Å². The van der Waals surface area contributed by atoms with Crippen molar-refractivity contribution in [2.75, 3.05) is 39.3 Å². The fourth-order valence-electron chi connectivity index (χ4n) is 3.80. The van der Waals surface area contributed by atoms with Crippen LogP contribution in [0.15, 0.2) is 77.7 Å². The van der Waals surface area contributed by atoms with Gasteiger partial charge in [-0.2, -0.15) is 0 Å². The molecule has 4 rings (SSSR count). The van der Waals surface area contributed by atoms with E-state index in [2.05, 4.69) is 4.90 Å². The fourth-order valence-corrected chi connectivity index (χ4v) is 3.99. The second-order valence-electron chi connectivity index (χ2n) is 7.75. The summed E-state index contributed by atoms with van der Waals surface area (Å²) in [4.78, 5) is 29.9. The molecule has 0 radical (unpaired) electrons. The molecule has 1 fully saturated rings. The highest BCUT2D eigenvalue weighted by Gasteiger charge is 2.24. The standard InChI is InChI=1S/C25H26ClN3O3/c26-22-10-4-5-11-23(22)32-18-17-27-13-15-28(16-14-27)24(30)21-9-6-12-29(25(21)31)19-20-7-2-1-3-8-20/h1-12H,13-19H2. The zero-order chi connectivity index (χ0) is 22.3. The van der Waals surface area contributed by atoms with E-state index < -0.39 is 0 Å². The van der Waals surface area contributed by atoms with Gasteiger partial charge < -0.3 is 14.2 Å². The molecule has 1 aliphatic heterocycles. The molecule has 0 atom stereocenters. The van der Waals surface area contributed by atoms with Gasteiger partial charge in [0, 0.05) is 38.9 Å². The van der Waals surface area contributed by atoms with Crippen molar-refractivity contribution in [1.29, 1.82) is 0 Å². The Bertz CT molecular complexity index is 1110. The van der Waals surface area contributed by atoms with E-state index in [0.29, 0.717) is 37.0 Å². The van der Waals surface area contributed by atoms with Gasteiger partial charge in [0.15, 0.2) is 0 Å². The van der Waals surface area contributed by atoms with Gasteiger partial charge >= 0.3 is 0 Å². The maximum absolute atomic E-state index is 13.0. The molecule has 0 unspecified atom stereocenters. The largest absolute Gasteiger partial charge is 0.491 e. The van der Waals surface area contributed by atoms with Crippen LogP contribution < -0.4 is 10.3 Å². The lowest BCUT2D eigenvalue weighted by atomic mass is 10.2. The quantitative estimate of drug-likeness (QED) is 0.552. The molecule has 32 heavy (non-hydrogen) atoms. The minimum atomic E-state index is -0.253. The Hall–Kier alpha value is -3.09. The number of pyridine rings is 1. The Balaban J connectivity index is 1.31. The lowest BCUT2D eigenvalue weighted by Gasteiger charge is -2.34. The highest BCUT2D eigenvalue weighted by molar-refractivity contribution is 6.32. The number of ether oxygens (including phenoxy) is 1. The minimum Gasteiger partial charge on any atom is -0.491 e. The van der Waals surface area contributed by atoms with Crippen LogP contribution in [0, 0.1) is 0 Å². The summed E-state index contributed by atoms with van der Waals surface area (Å²) >= 11 is 6.12. The predicted octanol–water partition coefficient (Wildman–Crippen LogP) is 3.39. The molecule has 2 heterocycles. The molecule has 0 spiro atoms. The van der Waals surface area contributed by atoms with Crippen molar-refractivity contribution < 1.29 is 9.53 Å². The highest BCUT2D eigenvalue weighted by atomic mass is 35.5. The van der Waals surface area contributed by atoms with Gasteiger partial charge in [0.05, 0.1) is 11.6 Å². The number of para-hydroxylation sites is 1. The number of aromatic nitrogens is 1. The van der Waals surface area contributed by atoms with E-state index in [9.17, 15) is 9.59 Å². The third kappa shape index (κ3) is 5.39. The minimum absolute atomic E-state index is 0.204. The van der Waals surface area contributed by atoms with Gasteiger partial charge in [-0.25, -0.2) is 0 Å². The molecule has 0 saturated carbocycles. The van der Waals surface area contributed by atoms with Crippen LogP contribution in [-0.4, -0.2) is 59.6 Å². The molecule has 1 aliphatic rings. The van der Waals surface area contributed by atoms with Crippen LogP contribution in [0.5, 0.6) is 5.75 Å². The number of hydrogen-bond acceptors (Lipinski definition) is 4. The second kappa shape index (κ2) is 10.5. The van der Waals surface area contributed by atoms with Crippen LogP contribution in [0.25, 0.3) is 0 Å². The van der Waals surface area contributed by atoms with Gasteiger partial charge in [-0.3, -0.25) is 14.5 Å². The molecule has 166 valence electrons. The number of nitrogens with zero attached hydrogens (tertiary/aromatic N) is 3. The fraction of sp³-hybridized carbons (Fsp3) is 0.280. The molecule has 2 aromatic carbocycles. The van der Waals surface area contributed by atoms with Crippen LogP contribution in [-0.2, 0) is 6.54 Å². The van der Waals surface area contributed by atoms with Crippen molar-refractivity contribution in [3.8, 4) is 5.75 Å². The van der Waals surface area contributed by atoms with E-state index in [-0.39, 0.29) is 17.0 Å². The first-order valence-corrected chi connectivity index (χ1v) is 11.1. The molecule has 0 bridgehead atoms. The summed E-state index contributed by atoms with van der Waals surface area (Å²) in [7, 11) is 0. The molecule has 0 aliphatic carbocycles. The van der Waals surface area contributed by atoms with Gasteiger partial charge in [-0.05, 0) is 29.8 Å². The highest BCUT2D eigenvalue weighted by Crippen LogP contribution is 2.23. The Morgan fingerprint density at radius 3 is 2.38 bits per heavy atom. The molecule has 0 N–H and O–H groups in total. The van der Waals surface area contributed by atoms with Crippen LogP contribution in [0.3, 0.4) is 0 Å². The monoisotopic (exact) mass is 451 g/mol. The molecule has 1 saturated heterocycles. The number of carbonyl (C=O) groups excluding carboxylic acids is 1. The lowest BCUT2D eigenvalue weighted by molar-refractivity contribution is 0.0618. The number of piperazine rings is 1. The summed E-state index contributed by atoms with van der Waals surface area (Å²) in [5.41, 5.74) is 0.989. The number of rotatable bonds is 7. The number of carbonyl (C=O) groups is 1. The topological polar surface area (TPSA) is 54.8 Å². The van der Waals surface area contributed by atoms with E-state index in [0.717, 1.165) is 25.2 Å². The average Bonchev–Trinajstić information content (AvgIpc) is 2.82. The normalized spacial score (nSPS) is 14.3. The van der Waals surface area contributed by atoms with Crippen LogP contribution in [0.1, 0.15) is 15.9 Å². The molecule has 1 amide bonds. The maximum atomic E-state index is 13.0. The molecule has 6 nitrogen and oxygen atoms in total. The summed E-state index contributed by atoms with van der Waals surface area (Å²) in [5.74, 6) is 0.475. The molecular formula is C25H26ClN3O3. The van der Waals surface area contributed by atoms with Gasteiger partial charge in [-0.1, -0.05) is 54.1 Å². The zero-order valence-corrected chi connectivity index (χ0v) is 18.6. The number of amides is 1. The van der Waals surface area contributed by atoms with Crippen molar-refractivity contribution in [3.05, 3.63) is 99.4 Å². The third-order valence-corrected chi connectivity index (χ3v) is 5.92. The molecular weight excluding hydrogens is 426 g/mol. The Morgan fingerprint density at radius 2 is 1.62 bits per heavy atom. The third-order valence-electron chi connectivity index (χ3n) is 5.61. The summed E-state index contributed by atoms with van der Waals surface area (Å²) < 4.78 is 7.35. The molecule has 3 aromatic rings. The van der Waals surface area contributed by atoms with E-state index in [1.165, 1.54) is 0 Å². The Labute approximate surface area is 192 Å². The first-order valence-electron chi connectivity index (χ1n) is 10.7. The van der Waals surface area contributed by atoms with Crippen molar-refractivity contribution in [3.63, 3.8) is 0 Å². The van der Waals surface area contributed by atoms with Gasteiger partial charge in [0.25, 0.3) is 11.5 Å². The van der Waals surface area contributed by atoms with E-state index in [1.807, 2.05) is 48.5 Å². The summed E-state index contributed by atoms with van der Waals surface area (Å²) in [6.45, 7) is 4.37. The van der Waals surface area contributed by atoms with E-state index in [4.69, 9.17) is 16.3 Å². The van der Waals surface area contributed by atoms with E-state index >= 15 is 0 Å². The number of hydrogen-bond donors (Lipinski definition) is 0. The van der Waals surface area contributed by atoms with Crippen LogP contribution in [0.2, 0.25) is 5.02 Å². The van der Waals surface area contributed by atoms with Crippen molar-refractivity contribution in [2.24, 2.45) is 0 Å². The van der Waals surface area contributed by atoms with Gasteiger partial charge in [-0.15, -0.1) is 0 Å². The van der Waals surface area contributed by atoms with Crippen molar-refractivity contribution in [2.45, 2.75) is 6.54 Å². The second-order valence-corrected chi connectivity index (χ2v) is 8.16. The summed E-state index contributed by atoms with van der Waals surface area (Å²) in [6.07, 6.45) is 1.73. The summed E-state index contributed by atoms with van der Waals surface area (Å²) in [5, 5.41) is 0.601. The average molecular weight is 452 g/mol. The maximum Gasteiger partial charge on any atom is 0.263 e. The zero-order valence-electron chi connectivity index (χ0n) is 17.8. The van der Waals surface area contributed by atoms with Crippen molar-refractivity contribution >= 4 is 17.5 Å². The molecule has 7 heteroatoms. The van der Waals surface area contributed by atoms with Crippen LogP contribution >= 0.6 is 11.6 Å². The predicted molar refractivity (Wildman–Crippen MR) is 126 cm³/mol. The summed E-state index contributed by atoms with van der Waals surface area (Å²) in [6, 6.07) is 20.6. The molecule has 1 aromatic heterocycles. The Morgan fingerprint density at radius 1 is 0.906 bits per heavy atom. The Kier molecular flexibility index (Phi) is 7.24. The van der Waals surface area contributed by atoms with Crippen molar-refractivity contribution in [1.82, 2.24) is 14.4 Å². The number of halogens is 1. The van der Waals surface area contributed by atoms with Gasteiger partial charge in [0.1, 0.15) is 17.9 Å². The first kappa shape index (κ1) is 22.1. The number of benzene rings is 2. The first-order chi connectivity index (χ1) is 15.6. The smallest absolute Gasteiger partial charge is 0.263 e. The lowest BCUT2D eigenvalue weighted by Crippen LogP contribution is -2.50. The van der Waals surface area contributed by atoms with Crippen LogP contribution in [0.4, 0.5) is 0 Å². The van der Waals surface area contributed by atoms with E-state index in [1.54, 1.807) is 33.9 Å².